The molecule has 3 N–H and O–H groups in total. The van der Waals surface area contributed by atoms with Gasteiger partial charge in [-0.3, -0.25) is 4.72 Å². The highest BCUT2D eigenvalue weighted by Crippen LogP contribution is 2.30. The summed E-state index contributed by atoms with van der Waals surface area (Å²) < 4.78 is 28.4. The van der Waals surface area contributed by atoms with E-state index in [1.807, 2.05) is 6.92 Å². The first-order valence-corrected chi connectivity index (χ1v) is 8.51. The van der Waals surface area contributed by atoms with E-state index in [1.54, 1.807) is 32.0 Å². The van der Waals surface area contributed by atoms with Gasteiger partial charge in [0.05, 0.1) is 9.37 Å². The fraction of sp³-hybridized carbons (Fsp3) is 0.214. The van der Waals surface area contributed by atoms with Gasteiger partial charge in [-0.15, -0.1) is 0 Å². The number of aromatic nitrogens is 1. The minimum Gasteiger partial charge on any atom is -0.398 e. The summed E-state index contributed by atoms with van der Waals surface area (Å²) in [5, 5.41) is 0. The Bertz CT molecular complexity index is 778. The molecular weight excluding hydrogens is 354 g/mol. The van der Waals surface area contributed by atoms with Gasteiger partial charge in [0.1, 0.15) is 0 Å². The summed E-state index contributed by atoms with van der Waals surface area (Å²) >= 11 is 3.27. The Morgan fingerprint density at radius 1 is 1.24 bits per heavy atom. The zero-order valence-electron chi connectivity index (χ0n) is 11.9. The van der Waals surface area contributed by atoms with Crippen molar-refractivity contribution in [3.63, 3.8) is 0 Å². The van der Waals surface area contributed by atoms with Crippen LogP contribution >= 0.6 is 15.9 Å². The highest BCUT2D eigenvalue weighted by molar-refractivity contribution is 9.10. The molecule has 0 amide bonds. The molecule has 0 aliphatic rings. The highest BCUT2D eigenvalue weighted by Gasteiger charge is 2.23. The largest absolute Gasteiger partial charge is 0.398 e. The van der Waals surface area contributed by atoms with Gasteiger partial charge in [-0.05, 0) is 71.6 Å². The van der Waals surface area contributed by atoms with Crippen LogP contribution in [0.1, 0.15) is 16.7 Å². The Balaban J connectivity index is 2.58. The summed E-state index contributed by atoms with van der Waals surface area (Å²) in [5.41, 5.74) is 8.40. The van der Waals surface area contributed by atoms with E-state index in [1.165, 1.54) is 6.20 Å². The number of sulfonamides is 1. The molecule has 0 saturated carbocycles. The lowest BCUT2D eigenvalue weighted by Gasteiger charge is -2.16. The Hall–Kier alpha value is -1.60. The Labute approximate surface area is 132 Å². The van der Waals surface area contributed by atoms with Gasteiger partial charge in [0.2, 0.25) is 0 Å². The first-order valence-electron chi connectivity index (χ1n) is 6.23. The van der Waals surface area contributed by atoms with Crippen molar-refractivity contribution in [3.8, 4) is 0 Å². The van der Waals surface area contributed by atoms with Crippen LogP contribution < -0.4 is 10.5 Å². The zero-order valence-corrected chi connectivity index (χ0v) is 14.3. The molecule has 0 atom stereocenters. The average molecular weight is 370 g/mol. The number of nitrogens with one attached hydrogen (secondary N) is 1. The van der Waals surface area contributed by atoms with E-state index in [2.05, 4.69) is 25.6 Å². The number of nitrogens with zero attached hydrogens (tertiary/aromatic N) is 1. The van der Waals surface area contributed by atoms with Crippen LogP contribution in [-0.2, 0) is 10.0 Å². The number of anilines is 2. The van der Waals surface area contributed by atoms with Crippen molar-refractivity contribution in [2.45, 2.75) is 25.7 Å². The van der Waals surface area contributed by atoms with Crippen LogP contribution in [0.15, 0.2) is 33.8 Å². The third-order valence-corrected chi connectivity index (χ3v) is 5.59. The number of benzene rings is 1. The molecule has 1 aromatic heterocycles. The number of rotatable bonds is 3. The maximum atomic E-state index is 12.7. The van der Waals surface area contributed by atoms with E-state index in [0.29, 0.717) is 21.3 Å². The fourth-order valence-electron chi connectivity index (χ4n) is 2.08. The Morgan fingerprint density at radius 2 is 1.90 bits per heavy atom. The van der Waals surface area contributed by atoms with Crippen molar-refractivity contribution in [3.05, 3.63) is 45.6 Å². The van der Waals surface area contributed by atoms with Crippen LogP contribution in [0.2, 0.25) is 0 Å². The molecule has 2 rings (SSSR count). The van der Waals surface area contributed by atoms with Crippen LogP contribution in [-0.4, -0.2) is 13.4 Å². The summed E-state index contributed by atoms with van der Waals surface area (Å²) in [4.78, 5) is 4.23. The molecule has 0 fully saturated rings. The molecule has 2 aromatic rings. The number of halogens is 1. The quantitative estimate of drug-likeness (QED) is 0.813. The normalized spacial score (nSPS) is 11.4. The number of pyridine rings is 1. The molecule has 0 bridgehead atoms. The molecule has 0 aliphatic carbocycles. The van der Waals surface area contributed by atoms with Crippen molar-refractivity contribution in [1.29, 1.82) is 0 Å². The summed E-state index contributed by atoms with van der Waals surface area (Å²) in [7, 11) is -3.76. The van der Waals surface area contributed by atoms with Gasteiger partial charge in [0.15, 0.2) is 5.82 Å². The van der Waals surface area contributed by atoms with Gasteiger partial charge >= 0.3 is 0 Å². The van der Waals surface area contributed by atoms with Crippen molar-refractivity contribution >= 4 is 37.5 Å². The molecule has 21 heavy (non-hydrogen) atoms. The second-order valence-corrected chi connectivity index (χ2v) is 7.27. The lowest BCUT2D eigenvalue weighted by atomic mass is 10.1. The van der Waals surface area contributed by atoms with Crippen LogP contribution in [0.4, 0.5) is 11.5 Å². The summed E-state index contributed by atoms with van der Waals surface area (Å²) in [6.45, 7) is 5.30. The van der Waals surface area contributed by atoms with Crippen LogP contribution in [0.3, 0.4) is 0 Å². The number of nitrogen functional groups attached to an aromatic ring is 1. The molecule has 0 spiro atoms. The van der Waals surface area contributed by atoms with Gasteiger partial charge < -0.3 is 5.73 Å². The topological polar surface area (TPSA) is 85.1 Å². The van der Waals surface area contributed by atoms with E-state index in [4.69, 9.17) is 5.73 Å². The van der Waals surface area contributed by atoms with Gasteiger partial charge in [0.25, 0.3) is 10.0 Å². The molecule has 7 heteroatoms. The van der Waals surface area contributed by atoms with E-state index >= 15 is 0 Å². The van der Waals surface area contributed by atoms with E-state index in [-0.39, 0.29) is 10.7 Å². The van der Waals surface area contributed by atoms with Crippen molar-refractivity contribution in [2.24, 2.45) is 0 Å². The van der Waals surface area contributed by atoms with Crippen LogP contribution in [0, 0.1) is 20.8 Å². The first-order chi connectivity index (χ1) is 9.74. The number of nitrogens with two attached hydrogens (primary N) is 1. The van der Waals surface area contributed by atoms with Crippen molar-refractivity contribution < 1.29 is 8.42 Å². The van der Waals surface area contributed by atoms with Gasteiger partial charge in [-0.25, -0.2) is 13.4 Å². The lowest BCUT2D eigenvalue weighted by molar-refractivity contribution is 0.599. The van der Waals surface area contributed by atoms with Crippen molar-refractivity contribution in [1.82, 2.24) is 4.98 Å². The number of hydrogen-bond acceptors (Lipinski definition) is 4. The maximum Gasteiger partial charge on any atom is 0.263 e. The molecule has 1 aromatic carbocycles. The fourth-order valence-corrected chi connectivity index (χ4v) is 4.17. The molecule has 0 radical (unpaired) electrons. The minimum absolute atomic E-state index is 0.206. The van der Waals surface area contributed by atoms with Crippen LogP contribution in [0.5, 0.6) is 0 Å². The van der Waals surface area contributed by atoms with Gasteiger partial charge in [-0.2, -0.15) is 0 Å². The molecule has 1 heterocycles. The predicted octanol–water partition coefficient (Wildman–Crippen LogP) is 3.15. The standard InChI is InChI=1S/C14H16BrN3O2S/c1-8-7-12(16)10(3)13(9(8)2)21(19,20)18-14-11(15)5-4-6-17-14/h4-7H,16H2,1-3H3,(H,17,18). The van der Waals surface area contributed by atoms with E-state index in [0.717, 1.165) is 5.56 Å². The monoisotopic (exact) mass is 369 g/mol. The molecule has 5 nitrogen and oxygen atoms in total. The van der Waals surface area contributed by atoms with E-state index < -0.39 is 10.0 Å². The Kier molecular flexibility index (Phi) is 4.25. The smallest absolute Gasteiger partial charge is 0.263 e. The third-order valence-electron chi connectivity index (χ3n) is 3.34. The molecule has 112 valence electrons. The van der Waals surface area contributed by atoms with E-state index in [9.17, 15) is 8.42 Å². The summed E-state index contributed by atoms with van der Waals surface area (Å²) in [6.07, 6.45) is 1.52. The molecule has 0 unspecified atom stereocenters. The first kappa shape index (κ1) is 15.8. The zero-order chi connectivity index (χ0) is 15.8. The summed E-state index contributed by atoms with van der Waals surface area (Å²) in [6, 6.07) is 5.21. The van der Waals surface area contributed by atoms with Crippen LogP contribution in [0.25, 0.3) is 0 Å². The number of hydrogen-bond donors (Lipinski definition) is 2. The predicted molar refractivity (Wildman–Crippen MR) is 87.8 cm³/mol. The van der Waals surface area contributed by atoms with Gasteiger partial charge in [0, 0.05) is 11.9 Å². The second-order valence-electron chi connectivity index (χ2n) is 4.80. The van der Waals surface area contributed by atoms with Crippen molar-refractivity contribution in [2.75, 3.05) is 10.5 Å². The maximum absolute atomic E-state index is 12.7. The lowest BCUT2D eigenvalue weighted by Crippen LogP contribution is -2.18. The third kappa shape index (κ3) is 3.03. The summed E-state index contributed by atoms with van der Waals surface area (Å²) in [5.74, 6) is 0.247. The highest BCUT2D eigenvalue weighted by atomic mass is 79.9. The average Bonchev–Trinajstić information content (AvgIpc) is 2.39. The molecule has 0 aliphatic heterocycles. The molecular formula is C14H16BrN3O2S. The van der Waals surface area contributed by atoms with Gasteiger partial charge in [-0.1, -0.05) is 0 Å². The second kappa shape index (κ2) is 5.65. The number of aryl methyl sites for hydroxylation is 1. The molecule has 0 saturated heterocycles. The Morgan fingerprint density at radius 3 is 2.52 bits per heavy atom. The minimum atomic E-state index is -3.76. The SMILES string of the molecule is Cc1cc(N)c(C)c(S(=O)(=O)Nc2ncccc2Br)c1C.